The molecule has 0 unspecified atom stereocenters. The van der Waals surface area contributed by atoms with Gasteiger partial charge in [-0.2, -0.15) is 4.98 Å². The Bertz CT molecular complexity index is 1190. The summed E-state index contributed by atoms with van der Waals surface area (Å²) in [5, 5.41) is 0.352. The molecule has 0 aromatic carbocycles. The number of hydrogen-bond donors (Lipinski definition) is 0. The number of amides is 1. The molecular weight excluding hydrogens is 456 g/mol. The Kier molecular flexibility index (Phi) is 7.61. The molecule has 0 fully saturated rings. The molecule has 0 bridgehead atoms. The Morgan fingerprint density at radius 2 is 1.79 bits per heavy atom. The maximum absolute atomic E-state index is 13.3. The van der Waals surface area contributed by atoms with Crippen molar-refractivity contribution >= 4 is 23.5 Å². The smallest absolute Gasteiger partial charge is 0.416 e. The number of aromatic nitrogens is 3. The highest BCUT2D eigenvalue weighted by atomic mass is 35.5. The summed E-state index contributed by atoms with van der Waals surface area (Å²) in [5.41, 5.74) is 3.25. The van der Waals surface area contributed by atoms with E-state index in [4.69, 9.17) is 25.8 Å². The van der Waals surface area contributed by atoms with Gasteiger partial charge in [0.1, 0.15) is 22.3 Å². The van der Waals surface area contributed by atoms with E-state index >= 15 is 0 Å². The van der Waals surface area contributed by atoms with Gasteiger partial charge < -0.3 is 14.2 Å². The van der Waals surface area contributed by atoms with Crippen LogP contribution in [-0.4, -0.2) is 40.9 Å². The minimum absolute atomic E-state index is 0.119. The summed E-state index contributed by atoms with van der Waals surface area (Å²) in [5.74, 6) is 1.40. The summed E-state index contributed by atoms with van der Waals surface area (Å²) in [6, 6.07) is 7.09. The van der Waals surface area contributed by atoms with Crippen molar-refractivity contribution < 1.29 is 19.0 Å². The lowest BCUT2D eigenvalue weighted by Gasteiger charge is -2.27. The zero-order valence-corrected chi connectivity index (χ0v) is 21.2. The van der Waals surface area contributed by atoms with Crippen LogP contribution in [0.25, 0.3) is 11.1 Å². The second kappa shape index (κ2) is 10.3. The predicted molar refractivity (Wildman–Crippen MR) is 132 cm³/mol. The molecule has 8 nitrogen and oxygen atoms in total. The highest BCUT2D eigenvalue weighted by Crippen LogP contribution is 2.31. The van der Waals surface area contributed by atoms with E-state index < -0.39 is 11.7 Å². The fourth-order valence-electron chi connectivity index (χ4n) is 3.42. The van der Waals surface area contributed by atoms with Gasteiger partial charge >= 0.3 is 6.09 Å². The molecule has 3 rings (SSSR count). The van der Waals surface area contributed by atoms with E-state index in [0.717, 1.165) is 28.0 Å². The molecule has 3 heterocycles. The number of anilines is 1. The third-order valence-electron chi connectivity index (χ3n) is 5.01. The highest BCUT2D eigenvalue weighted by molar-refractivity contribution is 6.29. The Balaban J connectivity index is 2.13. The van der Waals surface area contributed by atoms with Crippen LogP contribution in [-0.2, 0) is 11.3 Å². The molecule has 3 aromatic rings. The summed E-state index contributed by atoms with van der Waals surface area (Å²) in [6.07, 6.45) is 2.77. The first-order valence-corrected chi connectivity index (χ1v) is 11.1. The van der Waals surface area contributed by atoms with E-state index in [1.165, 1.54) is 12.0 Å². The summed E-state index contributed by atoms with van der Waals surface area (Å²) in [7, 11) is 3.13. The van der Waals surface area contributed by atoms with E-state index in [1.807, 2.05) is 40.7 Å². The molecule has 0 saturated carbocycles. The molecule has 0 spiro atoms. The topological polar surface area (TPSA) is 86.7 Å². The summed E-state index contributed by atoms with van der Waals surface area (Å²) in [6.45, 7) is 9.38. The van der Waals surface area contributed by atoms with Gasteiger partial charge in [0, 0.05) is 29.6 Å². The molecule has 0 aliphatic heterocycles. The molecule has 180 valence electrons. The minimum Gasteiger partial charge on any atom is -0.496 e. The monoisotopic (exact) mass is 484 g/mol. The second-order valence-corrected chi connectivity index (χ2v) is 9.12. The van der Waals surface area contributed by atoms with Gasteiger partial charge in [-0.15, -0.1) is 0 Å². The third kappa shape index (κ3) is 5.94. The van der Waals surface area contributed by atoms with Crippen molar-refractivity contribution in [3.05, 3.63) is 58.6 Å². The molecule has 3 aromatic heterocycles. The molecular formula is C25H29ClN4O4. The number of rotatable bonds is 6. The molecule has 0 atom stereocenters. The molecule has 9 heteroatoms. The average molecular weight is 485 g/mol. The van der Waals surface area contributed by atoms with Crippen LogP contribution in [0.5, 0.6) is 11.6 Å². The number of carbonyl (C=O) groups excluding carboxylic acids is 1. The van der Waals surface area contributed by atoms with E-state index in [-0.39, 0.29) is 6.54 Å². The summed E-state index contributed by atoms with van der Waals surface area (Å²) < 4.78 is 16.7. The van der Waals surface area contributed by atoms with Gasteiger partial charge in [0.05, 0.1) is 26.5 Å². The van der Waals surface area contributed by atoms with Crippen LogP contribution in [0.4, 0.5) is 10.6 Å². The number of halogens is 1. The molecule has 1 amide bonds. The standard InChI is InChI=1S/C25H29ClN4O4/c1-15-13-28-19(16(2)23(15)33-7)14-30(24(31)34-25(3,4)5)21-11-18(12-22(29-21)32-6)17-8-9-27-20(26)10-17/h8-13H,14H2,1-7H3. The van der Waals surface area contributed by atoms with Crippen LogP contribution < -0.4 is 14.4 Å². The van der Waals surface area contributed by atoms with Crippen molar-refractivity contribution in [1.82, 2.24) is 15.0 Å². The molecule has 34 heavy (non-hydrogen) atoms. The molecule has 0 N–H and O–H groups in total. The average Bonchev–Trinajstić information content (AvgIpc) is 2.77. The van der Waals surface area contributed by atoms with E-state index in [9.17, 15) is 4.79 Å². The van der Waals surface area contributed by atoms with E-state index in [0.29, 0.717) is 22.5 Å². The molecule has 0 aliphatic carbocycles. The Labute approximate surface area is 204 Å². The normalized spacial score (nSPS) is 11.2. The van der Waals surface area contributed by atoms with E-state index in [1.54, 1.807) is 37.7 Å². The Morgan fingerprint density at radius 3 is 2.41 bits per heavy atom. The van der Waals surface area contributed by atoms with Crippen LogP contribution in [0.15, 0.2) is 36.7 Å². The third-order valence-corrected chi connectivity index (χ3v) is 5.21. The van der Waals surface area contributed by atoms with Crippen molar-refractivity contribution in [2.45, 2.75) is 46.8 Å². The first kappa shape index (κ1) is 25.2. The molecule has 0 radical (unpaired) electrons. The second-order valence-electron chi connectivity index (χ2n) is 8.74. The van der Waals surface area contributed by atoms with Gasteiger partial charge in [-0.25, -0.2) is 9.78 Å². The van der Waals surface area contributed by atoms with Gasteiger partial charge in [-0.1, -0.05) is 11.6 Å². The van der Waals surface area contributed by atoms with Gasteiger partial charge in [0.15, 0.2) is 0 Å². The van der Waals surface area contributed by atoms with Gasteiger partial charge in [-0.05, 0) is 63.9 Å². The predicted octanol–water partition coefficient (Wildman–Crippen LogP) is 5.77. The number of ether oxygens (including phenoxy) is 3. The number of carbonyl (C=O) groups is 1. The fourth-order valence-corrected chi connectivity index (χ4v) is 3.59. The number of pyridine rings is 3. The van der Waals surface area contributed by atoms with Gasteiger partial charge in [0.2, 0.25) is 5.88 Å². The van der Waals surface area contributed by atoms with Crippen LogP contribution in [0, 0.1) is 13.8 Å². The minimum atomic E-state index is -0.705. The van der Waals surface area contributed by atoms with Crippen molar-refractivity contribution in [1.29, 1.82) is 0 Å². The first-order chi connectivity index (χ1) is 16.0. The van der Waals surface area contributed by atoms with E-state index in [2.05, 4.69) is 15.0 Å². The maximum Gasteiger partial charge on any atom is 0.416 e. The molecule has 0 aliphatic rings. The first-order valence-electron chi connectivity index (χ1n) is 10.7. The molecule has 0 saturated heterocycles. The lowest BCUT2D eigenvalue weighted by molar-refractivity contribution is 0.0575. The zero-order chi connectivity index (χ0) is 25.0. The van der Waals surface area contributed by atoms with Crippen molar-refractivity contribution in [2.24, 2.45) is 0 Å². The summed E-state index contributed by atoms with van der Waals surface area (Å²) >= 11 is 6.10. The fraction of sp³-hybridized carbons (Fsp3) is 0.360. The van der Waals surface area contributed by atoms with Crippen LogP contribution in [0.2, 0.25) is 5.15 Å². The largest absolute Gasteiger partial charge is 0.496 e. The van der Waals surface area contributed by atoms with Gasteiger partial charge in [-0.3, -0.25) is 9.88 Å². The van der Waals surface area contributed by atoms with Crippen molar-refractivity contribution in [2.75, 3.05) is 19.1 Å². The highest BCUT2D eigenvalue weighted by Gasteiger charge is 2.27. The van der Waals surface area contributed by atoms with Crippen molar-refractivity contribution in [3.63, 3.8) is 0 Å². The number of aryl methyl sites for hydroxylation is 1. The van der Waals surface area contributed by atoms with Crippen molar-refractivity contribution in [3.8, 4) is 22.8 Å². The zero-order valence-electron chi connectivity index (χ0n) is 20.5. The number of hydrogen-bond acceptors (Lipinski definition) is 7. The summed E-state index contributed by atoms with van der Waals surface area (Å²) in [4.78, 5) is 27.9. The van der Waals surface area contributed by atoms with Crippen LogP contribution in [0.3, 0.4) is 0 Å². The maximum atomic E-state index is 13.3. The Morgan fingerprint density at radius 1 is 1.06 bits per heavy atom. The Hall–Kier alpha value is -3.39. The van der Waals surface area contributed by atoms with Crippen LogP contribution >= 0.6 is 11.6 Å². The van der Waals surface area contributed by atoms with Crippen LogP contribution in [0.1, 0.15) is 37.6 Å². The number of nitrogens with zero attached hydrogens (tertiary/aromatic N) is 4. The lowest BCUT2D eigenvalue weighted by Crippen LogP contribution is -2.37. The lowest BCUT2D eigenvalue weighted by atomic mass is 10.1. The quantitative estimate of drug-likeness (QED) is 0.410. The SMILES string of the molecule is COc1cc(-c2ccnc(Cl)c2)cc(N(Cc2ncc(C)c(OC)c2C)C(=O)OC(C)(C)C)n1. The van der Waals surface area contributed by atoms with Gasteiger partial charge in [0.25, 0.3) is 0 Å². The number of methoxy groups -OCH3 is 2.